The lowest BCUT2D eigenvalue weighted by molar-refractivity contribution is 0.211. The van der Waals surface area contributed by atoms with Gasteiger partial charge in [0.25, 0.3) is 0 Å². The Morgan fingerprint density at radius 2 is 2.47 bits per heavy atom. The standard InChI is InChI=1S/C10H13BClIN2O2/c1-7-2-3-9(12)4-8(7)5-16-11-15-10(13,14)6-17-11/h2-4,15H,5-6,14H2,1H3. The predicted octanol–water partition coefficient (Wildman–Crippen LogP) is 1.82. The molecule has 0 aliphatic carbocycles. The summed E-state index contributed by atoms with van der Waals surface area (Å²) in [5.74, 6) is 0. The Morgan fingerprint density at radius 3 is 3.12 bits per heavy atom. The van der Waals surface area contributed by atoms with Crippen LogP contribution in [0.25, 0.3) is 0 Å². The maximum atomic E-state index is 5.93. The Labute approximate surface area is 119 Å². The third-order valence-electron chi connectivity index (χ3n) is 2.50. The van der Waals surface area contributed by atoms with Gasteiger partial charge in [-0.25, -0.2) is 0 Å². The second-order valence-electron chi connectivity index (χ2n) is 4.03. The molecule has 7 heteroatoms. The summed E-state index contributed by atoms with van der Waals surface area (Å²) in [7, 11) is -0.463. The average Bonchev–Trinajstić information content (AvgIpc) is 2.60. The van der Waals surface area contributed by atoms with Crippen molar-refractivity contribution >= 4 is 41.4 Å². The number of nitrogens with two attached hydrogens (primary N) is 1. The fourth-order valence-electron chi connectivity index (χ4n) is 1.53. The lowest BCUT2D eigenvalue weighted by Gasteiger charge is -2.14. The van der Waals surface area contributed by atoms with Gasteiger partial charge in [-0.05, 0) is 52.8 Å². The molecule has 1 fully saturated rings. The summed E-state index contributed by atoms with van der Waals surface area (Å²) >= 11 is 8.02. The van der Waals surface area contributed by atoms with Gasteiger partial charge in [-0.1, -0.05) is 17.7 Å². The predicted molar refractivity (Wildman–Crippen MR) is 76.8 cm³/mol. The van der Waals surface area contributed by atoms with E-state index in [2.05, 4.69) is 27.8 Å². The van der Waals surface area contributed by atoms with Crippen LogP contribution in [0.15, 0.2) is 18.2 Å². The lowest BCUT2D eigenvalue weighted by atomic mass is 10.1. The van der Waals surface area contributed by atoms with Gasteiger partial charge in [-0.3, -0.25) is 5.23 Å². The minimum absolute atomic E-state index is 0.423. The number of halogens is 2. The van der Waals surface area contributed by atoms with Crippen molar-refractivity contribution in [2.75, 3.05) is 6.61 Å². The van der Waals surface area contributed by atoms with Gasteiger partial charge >= 0.3 is 7.25 Å². The van der Waals surface area contributed by atoms with Gasteiger partial charge in [0.15, 0.2) is 0 Å². The highest BCUT2D eigenvalue weighted by Crippen LogP contribution is 2.19. The molecule has 1 aliphatic rings. The summed E-state index contributed by atoms with van der Waals surface area (Å²) in [5.41, 5.74) is 8.03. The van der Waals surface area contributed by atoms with E-state index in [1.54, 1.807) is 0 Å². The number of aryl methyl sites for hydroxylation is 1. The van der Waals surface area contributed by atoms with Crippen LogP contribution in [0.5, 0.6) is 0 Å². The fraction of sp³-hybridized carbons (Fsp3) is 0.400. The molecule has 0 saturated carbocycles. The van der Waals surface area contributed by atoms with Crippen LogP contribution in [0.1, 0.15) is 11.1 Å². The van der Waals surface area contributed by atoms with Crippen molar-refractivity contribution in [3.05, 3.63) is 34.3 Å². The molecule has 0 bridgehead atoms. The summed E-state index contributed by atoms with van der Waals surface area (Å²) < 4.78 is 10.4. The molecule has 1 saturated heterocycles. The summed E-state index contributed by atoms with van der Waals surface area (Å²) in [5, 5.41) is 3.73. The third kappa shape index (κ3) is 3.80. The minimum Gasteiger partial charge on any atom is -0.393 e. The zero-order valence-electron chi connectivity index (χ0n) is 9.37. The molecule has 1 heterocycles. The summed E-state index contributed by atoms with van der Waals surface area (Å²) in [6, 6.07) is 5.72. The lowest BCUT2D eigenvalue weighted by Crippen LogP contribution is -2.49. The molecule has 1 aromatic carbocycles. The molecule has 1 unspecified atom stereocenters. The Balaban J connectivity index is 1.92. The second kappa shape index (κ2) is 5.42. The molecular weight excluding hydrogens is 353 g/mol. The molecule has 3 N–H and O–H groups in total. The Bertz CT molecular complexity index is 419. The fourth-order valence-corrected chi connectivity index (χ4v) is 2.16. The highest BCUT2D eigenvalue weighted by atomic mass is 127. The Kier molecular flexibility index (Phi) is 4.33. The van der Waals surface area contributed by atoms with E-state index < -0.39 is 10.9 Å². The van der Waals surface area contributed by atoms with Crippen LogP contribution < -0.4 is 11.0 Å². The van der Waals surface area contributed by atoms with Gasteiger partial charge in [0.05, 0.1) is 13.2 Å². The zero-order chi connectivity index (χ0) is 12.5. The number of hydrogen-bond acceptors (Lipinski definition) is 4. The molecule has 17 heavy (non-hydrogen) atoms. The second-order valence-corrected chi connectivity index (χ2v) is 6.39. The normalized spacial score (nSPS) is 24.4. The van der Waals surface area contributed by atoms with Crippen molar-refractivity contribution in [3.8, 4) is 0 Å². The van der Waals surface area contributed by atoms with Gasteiger partial charge in [0, 0.05) is 5.02 Å². The van der Waals surface area contributed by atoms with Crippen molar-refractivity contribution in [1.29, 1.82) is 0 Å². The van der Waals surface area contributed by atoms with Crippen LogP contribution in [0.2, 0.25) is 5.02 Å². The zero-order valence-corrected chi connectivity index (χ0v) is 12.3. The van der Waals surface area contributed by atoms with E-state index in [1.165, 1.54) is 0 Å². The highest BCUT2D eigenvalue weighted by Gasteiger charge is 2.38. The van der Waals surface area contributed by atoms with Crippen molar-refractivity contribution in [2.24, 2.45) is 5.73 Å². The highest BCUT2D eigenvalue weighted by molar-refractivity contribution is 14.1. The first kappa shape index (κ1) is 13.6. The molecule has 0 aromatic heterocycles. The van der Waals surface area contributed by atoms with E-state index in [4.69, 9.17) is 26.6 Å². The Morgan fingerprint density at radius 1 is 1.71 bits per heavy atom. The van der Waals surface area contributed by atoms with Crippen LogP contribution in [0.4, 0.5) is 0 Å². The van der Waals surface area contributed by atoms with Gasteiger partial charge in [-0.15, -0.1) is 0 Å². The van der Waals surface area contributed by atoms with Crippen molar-refractivity contribution in [2.45, 2.75) is 17.2 Å². The van der Waals surface area contributed by atoms with E-state index in [0.717, 1.165) is 11.1 Å². The van der Waals surface area contributed by atoms with E-state index in [9.17, 15) is 0 Å². The molecule has 1 atom stereocenters. The molecule has 0 amide bonds. The molecule has 2 rings (SSSR count). The molecule has 0 radical (unpaired) electrons. The summed E-state index contributed by atoms with van der Waals surface area (Å²) in [6.45, 7) is 2.88. The summed E-state index contributed by atoms with van der Waals surface area (Å²) in [6.07, 6.45) is 0. The molecular formula is C10H13BClIN2O2. The van der Waals surface area contributed by atoms with Crippen LogP contribution in [-0.4, -0.2) is 17.5 Å². The molecule has 4 nitrogen and oxygen atoms in total. The average molecular weight is 366 g/mol. The van der Waals surface area contributed by atoms with Crippen LogP contribution in [-0.2, 0) is 15.9 Å². The SMILES string of the molecule is Cc1ccc(Cl)cc1COB1NC(N)(I)CO1. The first-order valence-electron chi connectivity index (χ1n) is 5.20. The number of rotatable bonds is 3. The third-order valence-corrected chi connectivity index (χ3v) is 3.36. The first-order chi connectivity index (χ1) is 7.96. The van der Waals surface area contributed by atoms with Crippen molar-refractivity contribution in [3.63, 3.8) is 0 Å². The van der Waals surface area contributed by atoms with Crippen molar-refractivity contribution < 1.29 is 9.31 Å². The van der Waals surface area contributed by atoms with Crippen LogP contribution in [0.3, 0.4) is 0 Å². The van der Waals surface area contributed by atoms with Gasteiger partial charge in [-0.2, -0.15) is 0 Å². The molecule has 0 spiro atoms. The van der Waals surface area contributed by atoms with E-state index in [0.29, 0.717) is 18.2 Å². The number of nitrogens with one attached hydrogen (secondary N) is 1. The van der Waals surface area contributed by atoms with E-state index in [-0.39, 0.29) is 0 Å². The maximum absolute atomic E-state index is 5.93. The monoisotopic (exact) mass is 366 g/mol. The maximum Gasteiger partial charge on any atom is 0.557 e. The number of alkyl halides is 1. The largest absolute Gasteiger partial charge is 0.557 e. The number of benzene rings is 1. The van der Waals surface area contributed by atoms with E-state index >= 15 is 0 Å². The van der Waals surface area contributed by atoms with Gasteiger partial charge in [0.2, 0.25) is 0 Å². The smallest absolute Gasteiger partial charge is 0.393 e. The molecule has 92 valence electrons. The summed E-state index contributed by atoms with van der Waals surface area (Å²) in [4.78, 5) is 0. The topological polar surface area (TPSA) is 56.5 Å². The quantitative estimate of drug-likeness (QED) is 0.371. The Hall–Kier alpha value is 0.145. The van der Waals surface area contributed by atoms with Crippen LogP contribution >= 0.6 is 34.2 Å². The van der Waals surface area contributed by atoms with E-state index in [1.807, 2.05) is 25.1 Å². The minimum atomic E-state index is -0.550. The molecule has 1 aromatic rings. The molecule has 1 aliphatic heterocycles. The van der Waals surface area contributed by atoms with Crippen LogP contribution in [0, 0.1) is 6.92 Å². The first-order valence-corrected chi connectivity index (χ1v) is 6.66. The van der Waals surface area contributed by atoms with Gasteiger partial charge < -0.3 is 15.0 Å². The van der Waals surface area contributed by atoms with Crippen molar-refractivity contribution in [1.82, 2.24) is 5.23 Å². The van der Waals surface area contributed by atoms with Gasteiger partial charge in [0.1, 0.15) is 3.67 Å². The number of hydrogen-bond donors (Lipinski definition) is 2.